The van der Waals surface area contributed by atoms with Gasteiger partial charge in [-0.15, -0.1) is 0 Å². The van der Waals surface area contributed by atoms with E-state index in [9.17, 15) is 40.0 Å². The van der Waals surface area contributed by atoms with Gasteiger partial charge in [-0.1, -0.05) is 0 Å². The molecule has 0 bridgehead atoms. The van der Waals surface area contributed by atoms with Crippen LogP contribution in [-0.4, -0.2) is 50.0 Å². The summed E-state index contributed by atoms with van der Waals surface area (Å²) in [6.45, 7) is 0. The molecule has 4 aromatic rings. The highest BCUT2D eigenvalue weighted by atomic mass is 16.6. The third-order valence-corrected chi connectivity index (χ3v) is 5.06. The molecule has 0 aliphatic carbocycles. The number of aromatic nitrogens is 2. The van der Waals surface area contributed by atoms with Crippen molar-refractivity contribution in [3.8, 4) is 0 Å². The quantitative estimate of drug-likeness (QED) is 0.235. The van der Waals surface area contributed by atoms with Gasteiger partial charge >= 0.3 is 0 Å². The van der Waals surface area contributed by atoms with Crippen LogP contribution in [0.3, 0.4) is 0 Å². The lowest BCUT2D eigenvalue weighted by Crippen LogP contribution is -2.21. The fourth-order valence-corrected chi connectivity index (χ4v) is 2.79. The van der Waals surface area contributed by atoms with Gasteiger partial charge in [0.15, 0.2) is 24.8 Å². The van der Waals surface area contributed by atoms with Crippen LogP contribution >= 0.6 is 0 Å². The third-order valence-electron chi connectivity index (χ3n) is 5.06. The molecule has 0 aliphatic rings. The van der Waals surface area contributed by atoms with Crippen LogP contribution in [0.1, 0.15) is 20.7 Å². The topological polar surface area (TPSA) is 201 Å². The van der Waals surface area contributed by atoms with E-state index < -0.39 is 21.8 Å². The van der Waals surface area contributed by atoms with Crippen LogP contribution in [0.4, 0.5) is 22.7 Å². The largest absolute Gasteiger partial charge is 0.545 e. The van der Waals surface area contributed by atoms with Crippen LogP contribution in [0.5, 0.6) is 0 Å². The van der Waals surface area contributed by atoms with Crippen LogP contribution in [-0.2, 0) is 0 Å². The molecule has 0 spiro atoms. The number of nitrogens with one attached hydrogen (secondary N) is 2. The summed E-state index contributed by atoms with van der Waals surface area (Å²) in [6, 6.07) is 17.1. The van der Waals surface area contributed by atoms with Crippen molar-refractivity contribution in [2.45, 2.75) is 0 Å². The molecule has 0 atom stereocenters. The molecule has 0 aliphatic heterocycles. The molecule has 0 saturated carbocycles. The summed E-state index contributed by atoms with van der Waals surface area (Å²) in [5, 5.41) is 40.7. The highest BCUT2D eigenvalue weighted by Crippen LogP contribution is 2.12. The smallest absolute Gasteiger partial charge is 0.269 e. The molecule has 42 heavy (non-hydrogen) atoms. The summed E-state index contributed by atoms with van der Waals surface area (Å²) in [7, 11) is 8.09. The van der Waals surface area contributed by atoms with Gasteiger partial charge in [-0.25, -0.2) is 9.97 Å². The number of carboxylic acid groups (broad SMARTS) is 2. The van der Waals surface area contributed by atoms with E-state index in [2.05, 4.69) is 19.8 Å². The van der Waals surface area contributed by atoms with E-state index >= 15 is 0 Å². The molecule has 14 heteroatoms. The first kappa shape index (κ1) is 34.1. The van der Waals surface area contributed by atoms with E-state index in [1.807, 2.05) is 77.2 Å². The Labute approximate surface area is 241 Å². The van der Waals surface area contributed by atoms with Crippen molar-refractivity contribution in [3.05, 3.63) is 129 Å². The number of rotatable bonds is 6. The fraction of sp³-hybridized carbons (Fsp3) is 0.143. The Balaban J connectivity index is 0.000000283. The number of carbonyl (C=O) groups is 2. The van der Waals surface area contributed by atoms with Gasteiger partial charge in [-0.2, -0.15) is 0 Å². The number of nitrogens with zero attached hydrogens (tertiary/aromatic N) is 4. The van der Waals surface area contributed by atoms with Gasteiger partial charge < -0.3 is 29.6 Å². The minimum Gasteiger partial charge on any atom is -0.545 e. The number of aromatic amines is 2. The SMILES string of the molecule is CN(C)c1cc[nH+]cc1.CN(C)c1cc[nH+]cc1.O=C([O-])c1ccc([N+](=O)[O-])cc1.O=C([O-])c1ccc([N+](=O)[O-])cc1. The monoisotopic (exact) mass is 578 g/mol. The number of anilines is 2. The van der Waals surface area contributed by atoms with Gasteiger partial charge in [0.1, 0.15) is 0 Å². The molecule has 2 N–H and O–H groups in total. The molecule has 0 radical (unpaired) electrons. The first-order valence-electron chi connectivity index (χ1n) is 12.0. The van der Waals surface area contributed by atoms with Crippen LogP contribution < -0.4 is 30.0 Å². The average Bonchev–Trinajstić information content (AvgIpc) is 2.99. The first-order chi connectivity index (χ1) is 19.8. The van der Waals surface area contributed by atoms with Crippen LogP contribution in [0.15, 0.2) is 97.6 Å². The van der Waals surface area contributed by atoms with Crippen molar-refractivity contribution >= 4 is 34.7 Å². The Hall–Kier alpha value is -5.92. The van der Waals surface area contributed by atoms with Crippen molar-refractivity contribution in [2.75, 3.05) is 38.0 Å². The fourth-order valence-electron chi connectivity index (χ4n) is 2.79. The number of H-pyrrole nitrogens is 2. The maximum Gasteiger partial charge on any atom is 0.269 e. The number of benzene rings is 2. The maximum atomic E-state index is 10.2. The van der Waals surface area contributed by atoms with Crippen molar-refractivity contribution in [2.24, 2.45) is 0 Å². The Morgan fingerprint density at radius 2 is 0.810 bits per heavy atom. The molecule has 2 aromatic heterocycles. The summed E-state index contributed by atoms with van der Waals surface area (Å²) in [4.78, 5) is 49.5. The minimum absolute atomic E-state index is 0.0689. The highest BCUT2D eigenvalue weighted by molar-refractivity contribution is 5.86. The van der Waals surface area contributed by atoms with Crippen LogP contribution in [0, 0.1) is 20.2 Å². The number of pyridine rings is 2. The molecule has 0 unspecified atom stereocenters. The van der Waals surface area contributed by atoms with Gasteiger partial charge in [-0.05, 0) is 35.4 Å². The number of nitro benzene ring substituents is 2. The van der Waals surface area contributed by atoms with Crippen molar-refractivity contribution in [1.82, 2.24) is 0 Å². The van der Waals surface area contributed by atoms with E-state index in [4.69, 9.17) is 0 Å². The minimum atomic E-state index is -1.34. The third kappa shape index (κ3) is 12.8. The number of hydrogen-bond acceptors (Lipinski definition) is 10. The summed E-state index contributed by atoms with van der Waals surface area (Å²) < 4.78 is 0. The molecule has 2 aromatic carbocycles. The summed E-state index contributed by atoms with van der Waals surface area (Å²) >= 11 is 0. The average molecular weight is 579 g/mol. The zero-order chi connectivity index (χ0) is 31.7. The zero-order valence-electron chi connectivity index (χ0n) is 23.3. The standard InChI is InChI=1S/2C7H10N2.2C7H5NO4/c2*1-9(2)7-3-5-8-6-4-7;2*9-7(10)5-1-3-6(4-2-5)8(11)12/h2*3-6H,1-2H3;2*1-4H,(H,9,10). The van der Waals surface area contributed by atoms with Gasteiger partial charge in [-0.3, -0.25) is 20.2 Å². The summed E-state index contributed by atoms with van der Waals surface area (Å²) in [5.74, 6) is -2.69. The Bertz CT molecular complexity index is 1240. The van der Waals surface area contributed by atoms with Gasteiger partial charge in [0.25, 0.3) is 11.4 Å². The highest BCUT2D eigenvalue weighted by Gasteiger charge is 2.04. The molecular weight excluding hydrogens is 548 g/mol. The number of carboxylic acids is 2. The van der Waals surface area contributed by atoms with Gasteiger partial charge in [0.2, 0.25) is 0 Å². The number of aromatic carboxylic acids is 2. The Kier molecular flexibility index (Phi) is 14.3. The lowest BCUT2D eigenvalue weighted by Gasteiger charge is -2.08. The lowest BCUT2D eigenvalue weighted by atomic mass is 10.2. The predicted octanol–water partition coefficient (Wildman–Crippen LogP) is 1.05. The number of nitro groups is 2. The van der Waals surface area contributed by atoms with Crippen molar-refractivity contribution in [3.63, 3.8) is 0 Å². The van der Waals surface area contributed by atoms with E-state index in [1.165, 1.54) is 11.4 Å². The Morgan fingerprint density at radius 1 is 0.548 bits per heavy atom. The molecule has 0 fully saturated rings. The second-order valence-corrected chi connectivity index (χ2v) is 8.49. The second-order valence-electron chi connectivity index (χ2n) is 8.49. The predicted molar refractivity (Wildman–Crippen MR) is 150 cm³/mol. The molecule has 2 heterocycles. The van der Waals surface area contributed by atoms with Crippen LogP contribution in [0.2, 0.25) is 0 Å². The summed E-state index contributed by atoms with van der Waals surface area (Å²) in [5.41, 5.74) is 2.02. The molecule has 0 amide bonds. The molecule has 0 saturated heterocycles. The maximum absolute atomic E-state index is 10.2. The second kappa shape index (κ2) is 17.6. The van der Waals surface area contributed by atoms with E-state index in [-0.39, 0.29) is 22.5 Å². The molecule has 220 valence electrons. The first-order valence-corrected chi connectivity index (χ1v) is 12.0. The normalized spacial score (nSPS) is 9.24. The van der Waals surface area contributed by atoms with E-state index in [0.29, 0.717) is 0 Å². The Morgan fingerprint density at radius 3 is 0.976 bits per heavy atom. The zero-order valence-corrected chi connectivity index (χ0v) is 23.3. The molecule has 4 rings (SSSR count). The number of hydrogen-bond donors (Lipinski definition) is 0. The lowest BCUT2D eigenvalue weighted by molar-refractivity contribution is -0.385. The number of non-ortho nitro benzene ring substituents is 2. The van der Waals surface area contributed by atoms with Crippen LogP contribution in [0.25, 0.3) is 0 Å². The molecular formula is C28H30N6O8. The van der Waals surface area contributed by atoms with Gasteiger partial charge in [0, 0.05) is 88.1 Å². The van der Waals surface area contributed by atoms with Crippen molar-refractivity contribution in [1.29, 1.82) is 0 Å². The van der Waals surface area contributed by atoms with E-state index in [1.54, 1.807) is 0 Å². The van der Waals surface area contributed by atoms with Gasteiger partial charge in [0.05, 0.1) is 21.8 Å². The van der Waals surface area contributed by atoms with E-state index in [0.717, 1.165) is 48.5 Å². The molecule has 14 nitrogen and oxygen atoms in total. The number of carbonyl (C=O) groups excluding carboxylic acids is 2. The van der Waals surface area contributed by atoms with Crippen molar-refractivity contribution < 1.29 is 39.6 Å². The summed E-state index contributed by atoms with van der Waals surface area (Å²) in [6.07, 6.45) is 7.65.